The standard InChI is InChI=1S/C28H28FN5O3S2/c1-18-4-9-24-30-25(32-12-10-31(11-13-32)20-7-5-19(29)6-8-20)22(26(35)33(24)16-18)15-23-27(36)34(28(38)39-23)17-21-3-2-14-37-21/h4-9,15-16,21H,2-3,10-14,17H2,1H3/b23-15-/t21-/m1/s1. The highest BCUT2D eigenvalue weighted by Crippen LogP contribution is 2.34. The van der Waals surface area contributed by atoms with Crippen LogP contribution in [0.2, 0.25) is 0 Å². The Morgan fingerprint density at radius 3 is 2.56 bits per heavy atom. The molecule has 3 fully saturated rings. The lowest BCUT2D eigenvalue weighted by molar-refractivity contribution is -0.123. The maximum Gasteiger partial charge on any atom is 0.267 e. The lowest BCUT2D eigenvalue weighted by Crippen LogP contribution is -2.47. The first kappa shape index (κ1) is 26.0. The Kier molecular flexibility index (Phi) is 7.13. The first-order valence-corrected chi connectivity index (χ1v) is 14.3. The number of halogens is 1. The second-order valence-corrected chi connectivity index (χ2v) is 11.6. The lowest BCUT2D eigenvalue weighted by Gasteiger charge is -2.37. The van der Waals surface area contributed by atoms with Gasteiger partial charge in [0.25, 0.3) is 11.5 Å². The highest BCUT2D eigenvalue weighted by Gasteiger charge is 2.35. The van der Waals surface area contributed by atoms with E-state index in [-0.39, 0.29) is 23.4 Å². The Balaban J connectivity index is 1.33. The van der Waals surface area contributed by atoms with Gasteiger partial charge in [0.1, 0.15) is 21.6 Å². The van der Waals surface area contributed by atoms with Crippen molar-refractivity contribution in [1.29, 1.82) is 0 Å². The number of aromatic nitrogens is 2. The molecule has 3 saturated heterocycles. The number of hydrogen-bond donors (Lipinski definition) is 0. The minimum Gasteiger partial charge on any atom is -0.376 e. The summed E-state index contributed by atoms with van der Waals surface area (Å²) in [6.45, 7) is 5.65. The Morgan fingerprint density at radius 1 is 1.10 bits per heavy atom. The molecule has 11 heteroatoms. The number of carbonyl (C=O) groups excluding carboxylic acids is 1. The number of anilines is 2. The van der Waals surface area contributed by atoms with Crippen molar-refractivity contribution in [2.24, 2.45) is 0 Å². The number of ether oxygens (including phenoxy) is 1. The number of nitrogens with zero attached hydrogens (tertiary/aromatic N) is 5. The first-order valence-electron chi connectivity index (χ1n) is 13.0. The smallest absolute Gasteiger partial charge is 0.267 e. The van der Waals surface area contributed by atoms with Crippen LogP contribution < -0.4 is 15.4 Å². The molecule has 3 aromatic rings. The Hall–Kier alpha value is -3.28. The van der Waals surface area contributed by atoms with Crippen LogP contribution in [0, 0.1) is 12.7 Å². The van der Waals surface area contributed by atoms with Gasteiger partial charge in [-0.15, -0.1) is 0 Å². The van der Waals surface area contributed by atoms with Crippen LogP contribution in [-0.2, 0) is 9.53 Å². The molecule has 2 aromatic heterocycles. The fourth-order valence-electron chi connectivity index (χ4n) is 5.22. The molecule has 0 bridgehead atoms. The van der Waals surface area contributed by atoms with Crippen LogP contribution in [0.1, 0.15) is 24.0 Å². The van der Waals surface area contributed by atoms with Gasteiger partial charge in [0.2, 0.25) is 0 Å². The number of aryl methyl sites for hydroxylation is 1. The topological polar surface area (TPSA) is 70.4 Å². The summed E-state index contributed by atoms with van der Waals surface area (Å²) >= 11 is 6.74. The third-order valence-electron chi connectivity index (χ3n) is 7.32. The summed E-state index contributed by atoms with van der Waals surface area (Å²) in [6.07, 6.45) is 5.28. The number of fused-ring (bicyclic) bond motifs is 1. The van der Waals surface area contributed by atoms with E-state index in [0.29, 0.717) is 65.6 Å². The Bertz CT molecular complexity index is 1530. The number of pyridine rings is 1. The molecule has 0 saturated carbocycles. The maximum absolute atomic E-state index is 13.8. The molecule has 0 unspecified atom stereocenters. The maximum atomic E-state index is 13.8. The van der Waals surface area contributed by atoms with Gasteiger partial charge in [-0.1, -0.05) is 30.0 Å². The molecule has 39 heavy (non-hydrogen) atoms. The van der Waals surface area contributed by atoms with Crippen molar-refractivity contribution in [3.63, 3.8) is 0 Å². The van der Waals surface area contributed by atoms with Crippen molar-refractivity contribution in [2.45, 2.75) is 25.9 Å². The molecule has 0 spiro atoms. The van der Waals surface area contributed by atoms with Gasteiger partial charge >= 0.3 is 0 Å². The summed E-state index contributed by atoms with van der Waals surface area (Å²) in [4.78, 5) is 38.3. The highest BCUT2D eigenvalue weighted by molar-refractivity contribution is 8.26. The van der Waals surface area contributed by atoms with E-state index >= 15 is 0 Å². The molecule has 0 N–H and O–H groups in total. The Labute approximate surface area is 235 Å². The van der Waals surface area contributed by atoms with Gasteiger partial charge < -0.3 is 14.5 Å². The van der Waals surface area contributed by atoms with Gasteiger partial charge in [0, 0.05) is 44.7 Å². The summed E-state index contributed by atoms with van der Waals surface area (Å²) in [7, 11) is 0. The minimum absolute atomic E-state index is 0.0178. The van der Waals surface area contributed by atoms with Crippen molar-refractivity contribution in [1.82, 2.24) is 14.3 Å². The first-order chi connectivity index (χ1) is 18.9. The van der Waals surface area contributed by atoms with E-state index in [9.17, 15) is 14.0 Å². The minimum atomic E-state index is -0.265. The number of piperazine rings is 1. The molecule has 0 radical (unpaired) electrons. The van der Waals surface area contributed by atoms with E-state index in [2.05, 4.69) is 9.80 Å². The van der Waals surface area contributed by atoms with E-state index in [1.165, 1.54) is 28.3 Å². The van der Waals surface area contributed by atoms with Crippen molar-refractivity contribution in [3.05, 3.63) is 74.8 Å². The van der Waals surface area contributed by atoms with E-state index in [1.807, 2.05) is 19.1 Å². The Morgan fingerprint density at radius 2 is 1.85 bits per heavy atom. The molecular formula is C28H28FN5O3S2. The van der Waals surface area contributed by atoms with Crippen molar-refractivity contribution in [2.75, 3.05) is 49.1 Å². The summed E-state index contributed by atoms with van der Waals surface area (Å²) in [5.74, 6) is 0.0765. The van der Waals surface area contributed by atoms with E-state index < -0.39 is 0 Å². The van der Waals surface area contributed by atoms with E-state index in [4.69, 9.17) is 21.9 Å². The number of hydrogen-bond acceptors (Lipinski definition) is 8. The average molecular weight is 566 g/mol. The zero-order valence-corrected chi connectivity index (χ0v) is 23.1. The van der Waals surface area contributed by atoms with E-state index in [0.717, 1.165) is 24.1 Å². The fourth-order valence-corrected chi connectivity index (χ4v) is 6.48. The summed E-state index contributed by atoms with van der Waals surface area (Å²) < 4.78 is 21.1. The van der Waals surface area contributed by atoms with Crippen LogP contribution in [-0.4, -0.2) is 69.9 Å². The number of amides is 1. The van der Waals surface area contributed by atoms with Gasteiger partial charge in [-0.3, -0.25) is 18.9 Å². The number of carbonyl (C=O) groups is 1. The summed E-state index contributed by atoms with van der Waals surface area (Å²) in [5, 5.41) is 0. The molecule has 1 aromatic carbocycles. The predicted molar refractivity (Wildman–Crippen MR) is 156 cm³/mol. The van der Waals surface area contributed by atoms with Crippen LogP contribution in [0.15, 0.2) is 52.3 Å². The van der Waals surface area contributed by atoms with Crippen LogP contribution in [0.4, 0.5) is 15.9 Å². The van der Waals surface area contributed by atoms with Gasteiger partial charge in [-0.2, -0.15) is 0 Å². The average Bonchev–Trinajstić information content (AvgIpc) is 3.55. The molecule has 0 aliphatic carbocycles. The molecule has 6 rings (SSSR count). The van der Waals surface area contributed by atoms with Crippen LogP contribution in [0.25, 0.3) is 11.7 Å². The van der Waals surface area contributed by atoms with Crippen LogP contribution >= 0.6 is 24.0 Å². The molecule has 3 aliphatic rings. The molecule has 5 heterocycles. The van der Waals surface area contributed by atoms with Crippen LogP contribution in [0.5, 0.6) is 0 Å². The third-order valence-corrected chi connectivity index (χ3v) is 8.69. The van der Waals surface area contributed by atoms with Gasteiger partial charge in [0.05, 0.1) is 23.1 Å². The van der Waals surface area contributed by atoms with Crippen molar-refractivity contribution in [3.8, 4) is 0 Å². The quantitative estimate of drug-likeness (QED) is 0.342. The normalized spacial score (nSPS) is 21.1. The fraction of sp³-hybridized carbons (Fsp3) is 0.357. The number of benzene rings is 1. The van der Waals surface area contributed by atoms with Crippen molar-refractivity contribution < 1.29 is 13.9 Å². The lowest BCUT2D eigenvalue weighted by atomic mass is 10.2. The second-order valence-electron chi connectivity index (χ2n) is 9.97. The number of thiocarbonyl (C=S) groups is 1. The zero-order chi connectivity index (χ0) is 27.1. The monoisotopic (exact) mass is 565 g/mol. The van der Waals surface area contributed by atoms with Crippen molar-refractivity contribution >= 4 is 57.4 Å². The number of rotatable bonds is 5. The number of thioether (sulfide) groups is 1. The van der Waals surface area contributed by atoms with Gasteiger partial charge in [-0.25, -0.2) is 9.37 Å². The van der Waals surface area contributed by atoms with Gasteiger partial charge in [0.15, 0.2) is 0 Å². The molecular weight excluding hydrogens is 537 g/mol. The molecule has 1 atom stereocenters. The SMILES string of the molecule is Cc1ccc2nc(N3CCN(c4ccc(F)cc4)CC3)c(/C=C3\SC(=S)N(C[C@H]4CCCO4)C3=O)c(=O)n2c1. The highest BCUT2D eigenvalue weighted by atomic mass is 32.2. The van der Waals surface area contributed by atoms with Crippen LogP contribution in [0.3, 0.4) is 0 Å². The molecule has 3 aliphatic heterocycles. The van der Waals surface area contributed by atoms with E-state index in [1.54, 1.807) is 29.3 Å². The predicted octanol–water partition coefficient (Wildman–Crippen LogP) is 3.85. The summed E-state index contributed by atoms with van der Waals surface area (Å²) in [5.41, 5.74) is 2.56. The zero-order valence-electron chi connectivity index (χ0n) is 21.5. The molecule has 202 valence electrons. The second kappa shape index (κ2) is 10.7. The summed E-state index contributed by atoms with van der Waals surface area (Å²) in [6, 6.07) is 10.2. The molecule has 1 amide bonds. The molecule has 8 nitrogen and oxygen atoms in total. The van der Waals surface area contributed by atoms with Gasteiger partial charge in [-0.05, 0) is 61.7 Å². The largest absolute Gasteiger partial charge is 0.376 e. The third kappa shape index (κ3) is 5.18.